The third kappa shape index (κ3) is 4.55. The Bertz CT molecular complexity index is 1210. The fourth-order valence-electron chi connectivity index (χ4n) is 3.37. The molecule has 8 heteroatoms. The maximum atomic E-state index is 11.1. The van der Waals surface area contributed by atoms with Gasteiger partial charge in [-0.1, -0.05) is 31.2 Å². The summed E-state index contributed by atoms with van der Waals surface area (Å²) in [5.41, 5.74) is 3.47. The monoisotopic (exact) mass is 427 g/mol. The number of benzene rings is 2. The van der Waals surface area contributed by atoms with E-state index in [4.69, 9.17) is 13.7 Å². The number of nitrogens with zero attached hydrogens (tertiary/aromatic N) is 1. The topological polar surface area (TPSA) is 92.7 Å². The van der Waals surface area contributed by atoms with Gasteiger partial charge in [0.25, 0.3) is 15.6 Å². The fourth-order valence-corrected chi connectivity index (χ4v) is 3.86. The Kier molecular flexibility index (Phi) is 5.61. The van der Waals surface area contributed by atoms with Crippen LogP contribution >= 0.6 is 0 Å². The van der Waals surface area contributed by atoms with Gasteiger partial charge in [0.05, 0.1) is 17.5 Å². The van der Waals surface area contributed by atoms with Crippen molar-refractivity contribution in [2.45, 2.75) is 26.3 Å². The van der Waals surface area contributed by atoms with Crippen LogP contribution in [0.3, 0.4) is 0 Å². The predicted molar refractivity (Wildman–Crippen MR) is 114 cm³/mol. The summed E-state index contributed by atoms with van der Waals surface area (Å²) in [6, 6.07) is 15.3. The van der Waals surface area contributed by atoms with Crippen molar-refractivity contribution in [3.63, 3.8) is 0 Å². The molecule has 7 nitrogen and oxygen atoms in total. The number of ether oxygens (including phenoxy) is 1. The Morgan fingerprint density at radius 2 is 1.93 bits per heavy atom. The van der Waals surface area contributed by atoms with Gasteiger partial charge in [-0.25, -0.2) is 0 Å². The number of aryl methyl sites for hydroxylation is 1. The summed E-state index contributed by atoms with van der Waals surface area (Å²) in [5.74, 6) is 1.72. The molecule has 0 saturated heterocycles. The summed E-state index contributed by atoms with van der Waals surface area (Å²) in [5, 5.41) is 3.24. The zero-order chi connectivity index (χ0) is 21.1. The van der Waals surface area contributed by atoms with Crippen LogP contribution in [0.5, 0.6) is 5.75 Å². The van der Waals surface area contributed by atoms with Gasteiger partial charge in [0.1, 0.15) is 0 Å². The van der Waals surface area contributed by atoms with E-state index in [1.807, 2.05) is 72.2 Å². The van der Waals surface area contributed by atoms with Crippen LogP contribution in [0.1, 0.15) is 25.7 Å². The molecule has 30 heavy (non-hydrogen) atoms. The lowest BCUT2D eigenvalue weighted by atomic mass is 10.2. The van der Waals surface area contributed by atoms with Crippen LogP contribution in [0, 0.1) is 0 Å². The van der Waals surface area contributed by atoms with E-state index in [1.165, 1.54) is 0 Å². The molecular weight excluding hydrogens is 404 g/mol. The van der Waals surface area contributed by atoms with Crippen molar-refractivity contribution < 1.29 is 26.7 Å². The Labute approximate surface area is 175 Å². The Balaban J connectivity index is 1.65. The van der Waals surface area contributed by atoms with E-state index in [-0.39, 0.29) is 12.2 Å². The van der Waals surface area contributed by atoms with Crippen LogP contribution in [-0.4, -0.2) is 18.7 Å². The Morgan fingerprint density at radius 3 is 2.70 bits per heavy atom. The number of oxazole rings is 1. The third-order valence-electron chi connectivity index (χ3n) is 4.82. The van der Waals surface area contributed by atoms with E-state index in [2.05, 4.69) is 5.32 Å². The number of hydrogen-bond acceptors (Lipinski definition) is 5. The maximum Gasteiger partial charge on any atom is 0.374 e. The first-order chi connectivity index (χ1) is 14.4. The highest BCUT2D eigenvalue weighted by Crippen LogP contribution is 2.33. The van der Waals surface area contributed by atoms with Gasteiger partial charge in [0.2, 0.25) is 5.58 Å². The fraction of sp³-hybridized carbons (Fsp3) is 0.227. The minimum atomic E-state index is -4.01. The summed E-state index contributed by atoms with van der Waals surface area (Å²) in [6.07, 6.45) is 4.87. The normalized spacial score (nSPS) is 15.3. The van der Waals surface area contributed by atoms with Crippen molar-refractivity contribution in [2.24, 2.45) is 0 Å². The largest absolute Gasteiger partial charge is 0.439 e. The zero-order valence-corrected chi connectivity index (χ0v) is 17.4. The van der Waals surface area contributed by atoms with Crippen molar-refractivity contribution in [3.8, 4) is 5.75 Å². The highest BCUT2D eigenvalue weighted by molar-refractivity contribution is 7.85. The van der Waals surface area contributed by atoms with Crippen molar-refractivity contribution in [2.75, 3.05) is 11.1 Å². The molecule has 3 aromatic rings. The summed E-state index contributed by atoms with van der Waals surface area (Å²) >= 11 is 0. The van der Waals surface area contributed by atoms with Gasteiger partial charge in [0, 0.05) is 18.6 Å². The van der Waals surface area contributed by atoms with Gasteiger partial charge in [0.15, 0.2) is 18.2 Å². The molecule has 2 aromatic carbocycles. The Hall–Kier alpha value is -3.10. The Morgan fingerprint density at radius 1 is 1.17 bits per heavy atom. The van der Waals surface area contributed by atoms with E-state index in [0.29, 0.717) is 23.9 Å². The van der Waals surface area contributed by atoms with Crippen molar-refractivity contribution in [1.82, 2.24) is 0 Å². The zero-order valence-electron chi connectivity index (χ0n) is 16.5. The van der Waals surface area contributed by atoms with E-state index < -0.39 is 10.1 Å². The molecule has 0 radical (unpaired) electrons. The number of allylic oxidation sites excluding steroid dienone is 2. The molecule has 156 valence electrons. The van der Waals surface area contributed by atoms with Crippen LogP contribution in [0.25, 0.3) is 17.2 Å². The molecule has 0 bridgehead atoms. The first-order valence-electron chi connectivity index (χ1n) is 9.75. The molecule has 1 aromatic heterocycles. The molecule has 0 unspecified atom stereocenters. The minimum Gasteiger partial charge on any atom is -0.439 e. The number of aromatic nitrogens is 1. The molecule has 1 aliphatic heterocycles. The van der Waals surface area contributed by atoms with Gasteiger partial charge in [-0.15, -0.1) is 0 Å². The van der Waals surface area contributed by atoms with Gasteiger partial charge in [-0.2, -0.15) is 13.0 Å². The first-order valence-corrected chi connectivity index (χ1v) is 11.4. The molecule has 0 fully saturated rings. The van der Waals surface area contributed by atoms with Crippen LogP contribution in [-0.2, 0) is 16.7 Å². The number of nitrogens with one attached hydrogen (secondary N) is 1. The minimum absolute atomic E-state index is 0.274. The van der Waals surface area contributed by atoms with Crippen LogP contribution < -0.4 is 14.6 Å². The van der Waals surface area contributed by atoms with Gasteiger partial charge in [-0.05, 0) is 30.2 Å². The molecule has 0 amide bonds. The molecule has 2 heterocycles. The lowest BCUT2D eigenvalue weighted by Gasteiger charge is -2.01. The highest BCUT2D eigenvalue weighted by Gasteiger charge is 2.22. The molecule has 1 aliphatic rings. The second-order valence-electron chi connectivity index (χ2n) is 7.00. The first kappa shape index (κ1) is 20.2. The smallest absolute Gasteiger partial charge is 0.374 e. The molecule has 0 spiro atoms. The second-order valence-corrected chi connectivity index (χ2v) is 8.58. The molecule has 0 saturated carbocycles. The van der Waals surface area contributed by atoms with Crippen LogP contribution in [0.4, 0.5) is 5.69 Å². The van der Waals surface area contributed by atoms with E-state index in [9.17, 15) is 8.42 Å². The van der Waals surface area contributed by atoms with Gasteiger partial charge < -0.3 is 14.5 Å². The number of anilines is 1. The quantitative estimate of drug-likeness (QED) is 0.435. The van der Waals surface area contributed by atoms with Crippen LogP contribution in [0.2, 0.25) is 0 Å². The average Bonchev–Trinajstić information content (AvgIpc) is 3.27. The van der Waals surface area contributed by atoms with Crippen molar-refractivity contribution in [1.29, 1.82) is 0 Å². The van der Waals surface area contributed by atoms with Crippen molar-refractivity contribution in [3.05, 3.63) is 72.0 Å². The predicted octanol–water partition coefficient (Wildman–Crippen LogP) is 4.14. The summed E-state index contributed by atoms with van der Waals surface area (Å²) in [6.45, 7) is 2.44. The SMILES string of the molecule is CCC(=Cc1oc2ccccc2[n+]1CCCS(=O)(=O)O)C=C1Nc2ccccc2O1. The summed E-state index contributed by atoms with van der Waals surface area (Å²) in [4.78, 5) is 0. The summed E-state index contributed by atoms with van der Waals surface area (Å²) in [7, 11) is -4.01. The van der Waals surface area contributed by atoms with E-state index in [1.54, 1.807) is 0 Å². The number of hydrogen-bond donors (Lipinski definition) is 2. The third-order valence-corrected chi connectivity index (χ3v) is 5.62. The highest BCUT2D eigenvalue weighted by atomic mass is 32.2. The lowest BCUT2D eigenvalue weighted by Crippen LogP contribution is -2.36. The number of fused-ring (bicyclic) bond motifs is 2. The maximum absolute atomic E-state index is 11.1. The average molecular weight is 428 g/mol. The molecule has 0 atom stereocenters. The molecular formula is C22H23N2O5S+. The second kappa shape index (κ2) is 8.33. The standard InChI is InChI=1S/C22H22N2O5S/c1-2-16(14-21-23-17-8-3-5-10-19(17)28-21)15-22-24(12-7-13-30(25,26)27)18-9-4-6-11-20(18)29-22/h3-6,8-11,14-15H,2,7,12-13H2,1H3,(H,25,26,27)/p+1. The van der Waals surface area contributed by atoms with Gasteiger partial charge >= 0.3 is 5.89 Å². The van der Waals surface area contributed by atoms with Crippen molar-refractivity contribution >= 4 is 33.0 Å². The lowest BCUT2D eigenvalue weighted by molar-refractivity contribution is -0.677. The van der Waals surface area contributed by atoms with Gasteiger partial charge in [-0.3, -0.25) is 4.55 Å². The summed E-state index contributed by atoms with van der Waals surface area (Å²) < 4.78 is 45.0. The molecule has 0 aliphatic carbocycles. The molecule has 4 rings (SSSR count). The van der Waals surface area contributed by atoms with Crippen LogP contribution in [0.15, 0.2) is 70.5 Å². The van der Waals surface area contributed by atoms with E-state index in [0.717, 1.165) is 28.9 Å². The number of para-hydroxylation sites is 4. The number of rotatable bonds is 7. The molecule has 2 N–H and O–H groups in total. The van der Waals surface area contributed by atoms with E-state index >= 15 is 0 Å².